The summed E-state index contributed by atoms with van der Waals surface area (Å²) in [5.74, 6) is 0.500. The van der Waals surface area contributed by atoms with Gasteiger partial charge >= 0.3 is 6.09 Å². The van der Waals surface area contributed by atoms with Crippen LogP contribution in [-0.4, -0.2) is 18.9 Å². The SMILES string of the molecule is COC1(NC(=O)Oc2ccccc2)C=C(C)C(C)=CC1. The van der Waals surface area contributed by atoms with Crippen molar-refractivity contribution in [2.75, 3.05) is 7.11 Å². The third-order valence-corrected chi connectivity index (χ3v) is 3.41. The second-order valence-electron chi connectivity index (χ2n) is 4.84. The minimum Gasteiger partial charge on any atom is -0.410 e. The fourth-order valence-corrected chi connectivity index (χ4v) is 2.06. The van der Waals surface area contributed by atoms with Gasteiger partial charge in [0.15, 0.2) is 5.72 Å². The van der Waals surface area contributed by atoms with Gasteiger partial charge in [-0.15, -0.1) is 0 Å². The summed E-state index contributed by atoms with van der Waals surface area (Å²) < 4.78 is 10.7. The first-order valence-electron chi connectivity index (χ1n) is 6.51. The van der Waals surface area contributed by atoms with Crippen LogP contribution in [0.3, 0.4) is 0 Å². The summed E-state index contributed by atoms with van der Waals surface area (Å²) in [5, 5.41) is 2.78. The van der Waals surface area contributed by atoms with Gasteiger partial charge in [0.05, 0.1) is 0 Å². The highest BCUT2D eigenvalue weighted by atomic mass is 16.6. The molecule has 20 heavy (non-hydrogen) atoms. The first kappa shape index (κ1) is 14.3. The Kier molecular flexibility index (Phi) is 4.25. The molecule has 0 fully saturated rings. The molecule has 0 saturated carbocycles. The molecule has 0 bridgehead atoms. The van der Waals surface area contributed by atoms with Crippen molar-refractivity contribution in [3.63, 3.8) is 0 Å². The molecule has 1 unspecified atom stereocenters. The third kappa shape index (κ3) is 3.27. The summed E-state index contributed by atoms with van der Waals surface area (Å²) in [4.78, 5) is 12.0. The molecule has 1 N–H and O–H groups in total. The average Bonchev–Trinajstić information content (AvgIpc) is 2.44. The van der Waals surface area contributed by atoms with Crippen molar-refractivity contribution < 1.29 is 14.3 Å². The highest BCUT2D eigenvalue weighted by Gasteiger charge is 2.31. The topological polar surface area (TPSA) is 47.6 Å². The Balaban J connectivity index is 2.06. The van der Waals surface area contributed by atoms with Crippen LogP contribution in [-0.2, 0) is 4.74 Å². The normalized spacial score (nSPS) is 21.8. The lowest BCUT2D eigenvalue weighted by Gasteiger charge is -2.32. The van der Waals surface area contributed by atoms with Gasteiger partial charge in [-0.2, -0.15) is 0 Å². The fraction of sp³-hybridized carbons (Fsp3) is 0.312. The molecule has 106 valence electrons. The maximum Gasteiger partial charge on any atom is 0.415 e. The number of carbonyl (C=O) groups excluding carboxylic acids is 1. The third-order valence-electron chi connectivity index (χ3n) is 3.41. The highest BCUT2D eigenvalue weighted by Crippen LogP contribution is 2.26. The minimum atomic E-state index is -0.838. The average molecular weight is 273 g/mol. The number of hydrogen-bond acceptors (Lipinski definition) is 3. The van der Waals surface area contributed by atoms with Crippen LogP contribution >= 0.6 is 0 Å². The van der Waals surface area contributed by atoms with Gasteiger partial charge in [0.2, 0.25) is 0 Å². The Morgan fingerprint density at radius 1 is 1.20 bits per heavy atom. The standard InChI is InChI=1S/C16H19NO3/c1-12-9-10-16(19-3,11-13(12)2)17-15(18)20-14-7-5-4-6-8-14/h4-9,11H,10H2,1-3H3,(H,17,18). The monoisotopic (exact) mass is 273 g/mol. The molecular formula is C16H19NO3. The van der Waals surface area contributed by atoms with Crippen molar-refractivity contribution in [2.45, 2.75) is 26.0 Å². The van der Waals surface area contributed by atoms with E-state index in [4.69, 9.17) is 9.47 Å². The molecule has 0 aromatic heterocycles. The predicted molar refractivity (Wildman–Crippen MR) is 77.5 cm³/mol. The second kappa shape index (κ2) is 5.92. The summed E-state index contributed by atoms with van der Waals surface area (Å²) in [6, 6.07) is 8.94. The van der Waals surface area contributed by atoms with Crippen LogP contribution in [0.15, 0.2) is 53.6 Å². The van der Waals surface area contributed by atoms with Gasteiger partial charge in [-0.1, -0.05) is 29.8 Å². The van der Waals surface area contributed by atoms with E-state index in [9.17, 15) is 4.79 Å². The molecule has 1 aromatic carbocycles. The van der Waals surface area contributed by atoms with Gasteiger partial charge in [0.1, 0.15) is 5.75 Å². The molecule has 4 heteroatoms. The summed E-state index contributed by atoms with van der Waals surface area (Å²) >= 11 is 0. The number of ether oxygens (including phenoxy) is 2. The van der Waals surface area contributed by atoms with Crippen molar-refractivity contribution in [3.05, 3.63) is 53.6 Å². The number of para-hydroxylation sites is 1. The molecule has 1 amide bonds. The Bertz CT molecular complexity index is 548. The van der Waals surface area contributed by atoms with Gasteiger partial charge in [0, 0.05) is 13.5 Å². The van der Waals surface area contributed by atoms with E-state index in [0.29, 0.717) is 12.2 Å². The molecule has 0 saturated heterocycles. The Labute approximate surface area is 119 Å². The number of carbonyl (C=O) groups is 1. The van der Waals surface area contributed by atoms with Crippen LogP contribution in [0, 0.1) is 0 Å². The summed E-state index contributed by atoms with van der Waals surface area (Å²) in [6.07, 6.45) is 4.00. The smallest absolute Gasteiger partial charge is 0.410 e. The van der Waals surface area contributed by atoms with E-state index in [1.54, 1.807) is 19.2 Å². The number of allylic oxidation sites excluding steroid dienone is 2. The maximum absolute atomic E-state index is 12.0. The molecule has 0 heterocycles. The van der Waals surface area contributed by atoms with E-state index in [-0.39, 0.29) is 0 Å². The summed E-state index contributed by atoms with van der Waals surface area (Å²) in [5.41, 5.74) is 1.43. The second-order valence-corrected chi connectivity index (χ2v) is 4.84. The van der Waals surface area contributed by atoms with E-state index < -0.39 is 11.8 Å². The van der Waals surface area contributed by atoms with Crippen molar-refractivity contribution in [1.29, 1.82) is 0 Å². The molecule has 1 aliphatic rings. The minimum absolute atomic E-state index is 0.500. The van der Waals surface area contributed by atoms with Gasteiger partial charge in [-0.05, 0) is 37.6 Å². The van der Waals surface area contributed by atoms with Crippen LogP contribution in [0.2, 0.25) is 0 Å². The molecule has 1 atom stereocenters. The zero-order valence-electron chi connectivity index (χ0n) is 12.0. The predicted octanol–water partition coefficient (Wildman–Crippen LogP) is 3.41. The number of hydrogen-bond donors (Lipinski definition) is 1. The van der Waals surface area contributed by atoms with E-state index in [1.165, 1.54) is 5.57 Å². The van der Waals surface area contributed by atoms with E-state index in [0.717, 1.165) is 5.57 Å². The molecule has 0 radical (unpaired) electrons. The molecule has 2 rings (SSSR count). The van der Waals surface area contributed by atoms with Crippen LogP contribution in [0.1, 0.15) is 20.3 Å². The molecular weight excluding hydrogens is 254 g/mol. The molecule has 0 spiro atoms. The number of methoxy groups -OCH3 is 1. The van der Waals surface area contributed by atoms with Gasteiger partial charge in [-0.25, -0.2) is 4.79 Å². The number of nitrogens with one attached hydrogen (secondary N) is 1. The summed E-state index contributed by atoms with van der Waals surface area (Å²) in [6.45, 7) is 4.02. The zero-order chi connectivity index (χ0) is 14.6. The number of benzene rings is 1. The van der Waals surface area contributed by atoms with Crippen molar-refractivity contribution in [3.8, 4) is 5.75 Å². The van der Waals surface area contributed by atoms with E-state index in [2.05, 4.69) is 5.32 Å². The van der Waals surface area contributed by atoms with Crippen molar-refractivity contribution >= 4 is 6.09 Å². The fourth-order valence-electron chi connectivity index (χ4n) is 2.06. The zero-order valence-corrected chi connectivity index (χ0v) is 12.0. The van der Waals surface area contributed by atoms with Gasteiger partial charge < -0.3 is 9.47 Å². The van der Waals surface area contributed by atoms with Crippen LogP contribution in [0.4, 0.5) is 4.79 Å². The van der Waals surface area contributed by atoms with Gasteiger partial charge in [-0.3, -0.25) is 5.32 Å². The lowest BCUT2D eigenvalue weighted by Crippen LogP contribution is -2.50. The van der Waals surface area contributed by atoms with E-state index in [1.807, 2.05) is 44.2 Å². The lowest BCUT2D eigenvalue weighted by molar-refractivity contribution is 0.00804. The first-order valence-corrected chi connectivity index (χ1v) is 6.51. The van der Waals surface area contributed by atoms with Crippen LogP contribution < -0.4 is 10.1 Å². The molecule has 1 aliphatic carbocycles. The van der Waals surface area contributed by atoms with Crippen LogP contribution in [0.25, 0.3) is 0 Å². The number of rotatable bonds is 3. The van der Waals surface area contributed by atoms with Crippen molar-refractivity contribution in [1.82, 2.24) is 5.32 Å². The van der Waals surface area contributed by atoms with Crippen LogP contribution in [0.5, 0.6) is 5.75 Å². The summed E-state index contributed by atoms with van der Waals surface area (Å²) in [7, 11) is 1.57. The van der Waals surface area contributed by atoms with E-state index >= 15 is 0 Å². The quantitative estimate of drug-likeness (QED) is 0.858. The maximum atomic E-state index is 12.0. The van der Waals surface area contributed by atoms with Crippen molar-refractivity contribution in [2.24, 2.45) is 0 Å². The first-order chi connectivity index (χ1) is 9.54. The van der Waals surface area contributed by atoms with Gasteiger partial charge in [0.25, 0.3) is 0 Å². The number of amides is 1. The highest BCUT2D eigenvalue weighted by molar-refractivity contribution is 5.71. The lowest BCUT2D eigenvalue weighted by atomic mass is 9.94. The molecule has 1 aromatic rings. The largest absolute Gasteiger partial charge is 0.415 e. The Morgan fingerprint density at radius 2 is 1.90 bits per heavy atom. The Hall–Kier alpha value is -2.07. The molecule has 0 aliphatic heterocycles. The molecule has 4 nitrogen and oxygen atoms in total. The Morgan fingerprint density at radius 3 is 2.50 bits per heavy atom.